The van der Waals surface area contributed by atoms with Crippen LogP contribution in [-0.4, -0.2) is 18.1 Å². The van der Waals surface area contributed by atoms with E-state index in [9.17, 15) is 17.9 Å². The van der Waals surface area contributed by atoms with Crippen molar-refractivity contribution < 1.29 is 26.7 Å². The summed E-state index contributed by atoms with van der Waals surface area (Å²) in [6.45, 7) is 1.42. The van der Waals surface area contributed by atoms with Crippen molar-refractivity contribution in [3.63, 3.8) is 0 Å². The minimum atomic E-state index is -4.61. The molecule has 0 saturated carbocycles. The van der Waals surface area contributed by atoms with Crippen LogP contribution in [0.4, 0.5) is 10.1 Å². The number of fused-ring (bicyclic) bond motifs is 1. The topological polar surface area (TPSA) is 110 Å². The number of rotatable bonds is 2. The summed E-state index contributed by atoms with van der Waals surface area (Å²) in [6.07, 6.45) is 0. The number of halogens is 1. The molecule has 0 bridgehead atoms. The highest BCUT2D eigenvalue weighted by molar-refractivity contribution is 7.81. The van der Waals surface area contributed by atoms with Gasteiger partial charge in [-0.25, -0.2) is 4.39 Å². The van der Waals surface area contributed by atoms with Gasteiger partial charge in [0.1, 0.15) is 17.3 Å². The molecule has 0 atom stereocenters. The van der Waals surface area contributed by atoms with E-state index in [0.717, 1.165) is 22.9 Å². The third-order valence-electron chi connectivity index (χ3n) is 3.26. The highest BCUT2D eigenvalue weighted by Gasteiger charge is 2.12. The fraction of sp³-hybridized carbons (Fsp3) is 0.0588. The Hall–Kier alpha value is -2.84. The largest absolute Gasteiger partial charge is 0.507 e. The molecular formula is C17H16FNO5S. The third-order valence-corrected chi connectivity index (χ3v) is 3.65. The first kappa shape index (κ1) is 18.5. The Kier molecular flexibility index (Phi) is 5.45. The van der Waals surface area contributed by atoms with Crippen LogP contribution in [0.2, 0.25) is 0 Å². The van der Waals surface area contributed by atoms with E-state index in [1.807, 2.05) is 36.4 Å². The number of anilines is 1. The van der Waals surface area contributed by atoms with E-state index in [2.05, 4.69) is 4.18 Å². The number of hydrogen-bond acceptors (Lipinski definition) is 5. The number of benzene rings is 3. The van der Waals surface area contributed by atoms with E-state index in [1.54, 1.807) is 6.07 Å². The molecule has 3 aromatic rings. The smallest absolute Gasteiger partial charge is 0.446 e. The van der Waals surface area contributed by atoms with Crippen molar-refractivity contribution in [2.75, 3.05) is 5.73 Å². The van der Waals surface area contributed by atoms with Gasteiger partial charge in [-0.2, -0.15) is 8.42 Å². The Morgan fingerprint density at radius 3 is 2.36 bits per heavy atom. The molecule has 0 aliphatic rings. The lowest BCUT2D eigenvalue weighted by atomic mass is 10.1. The minimum absolute atomic E-state index is 0.202. The van der Waals surface area contributed by atoms with Crippen molar-refractivity contribution in [2.45, 2.75) is 6.92 Å². The zero-order valence-corrected chi connectivity index (χ0v) is 14.0. The van der Waals surface area contributed by atoms with Crippen molar-refractivity contribution in [2.24, 2.45) is 0 Å². The van der Waals surface area contributed by atoms with Gasteiger partial charge in [-0.3, -0.25) is 4.55 Å². The second-order valence-corrected chi connectivity index (χ2v) is 6.17. The zero-order valence-electron chi connectivity index (χ0n) is 13.2. The second-order valence-electron chi connectivity index (χ2n) is 5.15. The van der Waals surface area contributed by atoms with Crippen molar-refractivity contribution in [1.29, 1.82) is 0 Å². The van der Waals surface area contributed by atoms with E-state index >= 15 is 0 Å². The molecule has 0 aliphatic carbocycles. The Labute approximate surface area is 144 Å². The molecule has 6 nitrogen and oxygen atoms in total. The SMILES string of the molecule is Cc1cc(F)c(N)cc1OS(=O)(=O)O.Oc1cccc2ccccc12. The van der Waals surface area contributed by atoms with Gasteiger partial charge >= 0.3 is 10.4 Å². The average molecular weight is 365 g/mol. The molecule has 0 fully saturated rings. The predicted octanol–water partition coefficient (Wildman–Crippen LogP) is 3.44. The van der Waals surface area contributed by atoms with Crippen molar-refractivity contribution in [1.82, 2.24) is 0 Å². The summed E-state index contributed by atoms with van der Waals surface area (Å²) < 4.78 is 46.0. The highest BCUT2D eigenvalue weighted by Crippen LogP contribution is 2.25. The van der Waals surface area contributed by atoms with Gasteiger partial charge in [0.05, 0.1) is 5.69 Å². The molecule has 132 valence electrons. The number of nitrogens with two attached hydrogens (primary N) is 1. The first-order chi connectivity index (χ1) is 11.7. The van der Waals surface area contributed by atoms with Gasteiger partial charge in [-0.15, -0.1) is 0 Å². The standard InChI is InChI=1S/C10H8O.C7H8FNO4S/c11-10-7-3-5-8-4-1-2-6-9(8)10;1-4-2-5(8)6(9)3-7(4)13-14(10,11)12/h1-7,11H;2-3H,9H2,1H3,(H,10,11,12). The van der Waals surface area contributed by atoms with Crippen LogP contribution in [0.25, 0.3) is 10.8 Å². The molecule has 4 N–H and O–H groups in total. The van der Waals surface area contributed by atoms with Gasteiger partial charge in [0.15, 0.2) is 0 Å². The fourth-order valence-corrected chi connectivity index (χ4v) is 2.49. The summed E-state index contributed by atoms with van der Waals surface area (Å²) in [5, 5.41) is 11.4. The monoisotopic (exact) mass is 365 g/mol. The van der Waals surface area contributed by atoms with Gasteiger partial charge < -0.3 is 15.0 Å². The van der Waals surface area contributed by atoms with Crippen LogP contribution < -0.4 is 9.92 Å². The fourth-order valence-electron chi connectivity index (χ4n) is 2.08. The van der Waals surface area contributed by atoms with Crippen molar-refractivity contribution >= 4 is 26.9 Å². The number of phenolic OH excluding ortho intramolecular Hbond substituents is 1. The predicted molar refractivity (Wildman–Crippen MR) is 93.3 cm³/mol. The highest BCUT2D eigenvalue weighted by atomic mass is 32.3. The van der Waals surface area contributed by atoms with Gasteiger partial charge in [0.2, 0.25) is 0 Å². The van der Waals surface area contributed by atoms with Gasteiger partial charge in [-0.1, -0.05) is 36.4 Å². The molecule has 3 aromatic carbocycles. The lowest BCUT2D eigenvalue weighted by Gasteiger charge is -2.06. The summed E-state index contributed by atoms with van der Waals surface area (Å²) in [7, 11) is -4.61. The van der Waals surface area contributed by atoms with E-state index in [-0.39, 0.29) is 17.0 Å². The van der Waals surface area contributed by atoms with Gasteiger partial charge in [-0.05, 0) is 30.0 Å². The second kappa shape index (κ2) is 7.37. The number of phenols is 1. The van der Waals surface area contributed by atoms with Crippen molar-refractivity contribution in [3.05, 3.63) is 66.0 Å². The Morgan fingerprint density at radius 2 is 1.72 bits per heavy atom. The molecule has 25 heavy (non-hydrogen) atoms. The maximum atomic E-state index is 12.8. The van der Waals surface area contributed by atoms with E-state index in [0.29, 0.717) is 5.75 Å². The molecule has 0 heterocycles. The zero-order chi connectivity index (χ0) is 18.6. The first-order valence-corrected chi connectivity index (χ1v) is 8.43. The molecular weight excluding hydrogens is 349 g/mol. The summed E-state index contributed by atoms with van der Waals surface area (Å²) >= 11 is 0. The quantitative estimate of drug-likeness (QED) is 0.474. The number of aromatic hydroxyl groups is 1. The molecule has 0 amide bonds. The molecule has 0 unspecified atom stereocenters. The number of nitrogen functional groups attached to an aromatic ring is 1. The van der Waals surface area contributed by atoms with Crippen LogP contribution in [-0.2, 0) is 10.4 Å². The summed E-state index contributed by atoms with van der Waals surface area (Å²) in [6, 6.07) is 15.3. The molecule has 8 heteroatoms. The Balaban J connectivity index is 0.000000185. The molecule has 0 saturated heterocycles. The third kappa shape index (κ3) is 5.07. The van der Waals surface area contributed by atoms with Gasteiger partial charge in [0, 0.05) is 11.5 Å². The van der Waals surface area contributed by atoms with Crippen LogP contribution in [0, 0.1) is 12.7 Å². The van der Waals surface area contributed by atoms with E-state index in [1.165, 1.54) is 6.92 Å². The lowest BCUT2D eigenvalue weighted by Crippen LogP contribution is -2.08. The summed E-state index contributed by atoms with van der Waals surface area (Å²) in [4.78, 5) is 0. The van der Waals surface area contributed by atoms with Crippen molar-refractivity contribution in [3.8, 4) is 11.5 Å². The van der Waals surface area contributed by atoms with Crippen LogP contribution >= 0.6 is 0 Å². The molecule has 0 aliphatic heterocycles. The van der Waals surface area contributed by atoms with Crippen LogP contribution in [0.1, 0.15) is 5.56 Å². The maximum absolute atomic E-state index is 12.8. The average Bonchev–Trinajstić information content (AvgIpc) is 2.53. The minimum Gasteiger partial charge on any atom is -0.507 e. The normalized spacial score (nSPS) is 10.8. The van der Waals surface area contributed by atoms with Crippen LogP contribution in [0.15, 0.2) is 54.6 Å². The summed E-state index contributed by atoms with van der Waals surface area (Å²) in [5.74, 6) is -0.528. The maximum Gasteiger partial charge on any atom is 0.446 e. The number of aryl methyl sites for hydroxylation is 1. The summed E-state index contributed by atoms with van der Waals surface area (Å²) in [5.41, 5.74) is 5.14. The molecule has 0 spiro atoms. The van der Waals surface area contributed by atoms with Gasteiger partial charge in [0.25, 0.3) is 0 Å². The van der Waals surface area contributed by atoms with Crippen LogP contribution in [0.5, 0.6) is 11.5 Å². The first-order valence-electron chi connectivity index (χ1n) is 7.06. The van der Waals surface area contributed by atoms with Crippen LogP contribution in [0.3, 0.4) is 0 Å². The Morgan fingerprint density at radius 1 is 1.08 bits per heavy atom. The Bertz CT molecular complexity index is 1000. The van der Waals surface area contributed by atoms with E-state index in [4.69, 9.17) is 10.3 Å². The lowest BCUT2D eigenvalue weighted by molar-refractivity contribution is 0.385. The molecule has 3 rings (SSSR count). The van der Waals surface area contributed by atoms with E-state index < -0.39 is 16.2 Å². The number of hydrogen-bond donors (Lipinski definition) is 3. The molecule has 0 aromatic heterocycles. The molecule has 0 radical (unpaired) electrons.